The third-order valence-corrected chi connectivity index (χ3v) is 24.4. The molecule has 644 valence electrons. The van der Waals surface area contributed by atoms with Gasteiger partial charge in [0.15, 0.2) is 17.9 Å². The SMILES string of the molecule is CC(=O)c1ccc(Br)cc1.CCCCNC.O=C(CC1c2ccccc2-c2cncn21)c1ccc(Br)cc1.O=C1COCCN1.O=C1COCCN1c1ccc(C(O)CC2c3ccccc3-c3cncn32)cc1.O=Cc1ccccc1-c1cn(C(c2ccccc2)(c2ccccc2)c2ccccc2)cn1.OC(CC1c2ccccc2-c2cncn21)c1ccc(Br)cc1. The number of ether oxygens (including phenoxy) is 2. The van der Waals surface area contributed by atoms with E-state index in [4.69, 9.17) is 14.5 Å². The standard InChI is InChI=1S/C29H22N2O.C22H21N3O3.C18H15BrN2O.C18H13BrN2O.C8H7BrO.C5H13N.C4H7NO2/c32-21-23-12-10-11-19-27(23)28-20-31(22-30-28)29(24-13-4-1-5-14-24,25-15-6-2-7-16-25)26-17-8-3-9-18-26;26-21(15-5-7-16(8-6-15)24-9-10-28-13-22(24)27)11-19-17-3-1-2-4-18(17)20-12-23-14-25(19)20;2*19-13-7-5-12(6-8-13)18(22)9-16-14-3-1-2-4-15(14)17-10-20-11-21(16)17;1-6(10)7-2-4-8(9)5-3-7;1-3-4-5-6-2;6-4-3-7-2-1-5-4/h1-22H;1-8,12,14,19,21,26H,9-11,13H2;1-8,10-11,16,18,22H,9H2;1-8,10-11,16H,9H2;2-5H,1H3;6H,3-5H2,1-2H3;1-3H2,(H,5,6). The second kappa shape index (κ2) is 44.1. The Morgan fingerprint density at radius 3 is 1.37 bits per heavy atom. The van der Waals surface area contributed by atoms with Gasteiger partial charge in [-0.05, 0) is 120 Å². The fourth-order valence-corrected chi connectivity index (χ4v) is 17.2. The molecule has 5 atom stereocenters. The monoisotopic (exact) mass is 1880 g/mol. The number of aromatic nitrogens is 8. The van der Waals surface area contributed by atoms with Gasteiger partial charge >= 0.3 is 0 Å². The second-order valence-electron chi connectivity index (χ2n) is 30.8. The van der Waals surface area contributed by atoms with Crippen LogP contribution in [0.2, 0.25) is 0 Å². The van der Waals surface area contributed by atoms with Gasteiger partial charge in [-0.25, -0.2) is 19.9 Å². The van der Waals surface area contributed by atoms with Crippen LogP contribution in [0.25, 0.3) is 45.0 Å². The summed E-state index contributed by atoms with van der Waals surface area (Å²) in [6, 6.07) is 94.3. The van der Waals surface area contributed by atoms with E-state index in [9.17, 15) is 34.2 Å². The van der Waals surface area contributed by atoms with Crippen LogP contribution in [0.3, 0.4) is 0 Å². The Morgan fingerprint density at radius 1 is 0.520 bits per heavy atom. The molecule has 127 heavy (non-hydrogen) atoms. The number of benzene rings is 11. The zero-order valence-electron chi connectivity index (χ0n) is 70.6. The molecule has 20 rings (SSSR count). The summed E-state index contributed by atoms with van der Waals surface area (Å²) in [6.07, 6.45) is 19.1. The van der Waals surface area contributed by atoms with E-state index in [-0.39, 0.29) is 54.7 Å². The Kier molecular flexibility index (Phi) is 31.5. The lowest BCUT2D eigenvalue weighted by Crippen LogP contribution is -2.41. The number of hydrogen-bond acceptors (Lipinski definition) is 14. The number of aliphatic hydroxyl groups excluding tert-OH is 2. The number of rotatable bonds is 20. The molecule has 2 saturated heterocycles. The summed E-state index contributed by atoms with van der Waals surface area (Å²) in [5, 5.41) is 27.2. The Balaban J connectivity index is 0.000000127. The number of anilines is 1. The maximum Gasteiger partial charge on any atom is 0.253 e. The molecule has 5 unspecified atom stereocenters. The molecule has 5 aliphatic rings. The zero-order chi connectivity index (χ0) is 88.6. The fourth-order valence-electron chi connectivity index (χ4n) is 16.4. The summed E-state index contributed by atoms with van der Waals surface area (Å²) in [5.74, 6) is 0.211. The maximum atomic E-state index is 12.6. The van der Waals surface area contributed by atoms with Gasteiger partial charge in [0.05, 0.1) is 110 Å². The minimum atomic E-state index is -0.620. The molecular weight excluding hydrogens is 1790 g/mol. The van der Waals surface area contributed by atoms with E-state index in [1.807, 2.05) is 215 Å². The molecule has 4 aromatic heterocycles. The first kappa shape index (κ1) is 90.7. The van der Waals surface area contributed by atoms with Gasteiger partial charge in [-0.1, -0.05) is 298 Å². The lowest BCUT2D eigenvalue weighted by Gasteiger charge is -2.37. The van der Waals surface area contributed by atoms with Gasteiger partial charge in [-0.3, -0.25) is 24.0 Å². The van der Waals surface area contributed by atoms with Crippen LogP contribution in [-0.2, 0) is 24.6 Å². The van der Waals surface area contributed by atoms with Crippen LogP contribution in [0.4, 0.5) is 5.69 Å². The van der Waals surface area contributed by atoms with Crippen molar-refractivity contribution in [3.8, 4) is 45.0 Å². The average Bonchev–Trinajstić information content (AvgIpc) is 1.72. The molecule has 0 bridgehead atoms. The summed E-state index contributed by atoms with van der Waals surface area (Å²) in [7, 11) is 1.98. The minimum absolute atomic E-state index is 0.00810. The van der Waals surface area contributed by atoms with Crippen molar-refractivity contribution in [1.29, 1.82) is 0 Å². The number of nitrogens with one attached hydrogen (secondary N) is 2. The van der Waals surface area contributed by atoms with Crippen molar-refractivity contribution in [3.05, 3.63) is 410 Å². The van der Waals surface area contributed by atoms with Crippen molar-refractivity contribution >= 4 is 83.1 Å². The Bertz CT molecular complexity index is 6040. The van der Waals surface area contributed by atoms with Crippen LogP contribution < -0.4 is 15.5 Å². The molecule has 4 N–H and O–H groups in total. The largest absolute Gasteiger partial charge is 0.388 e. The number of unbranched alkanes of at least 4 members (excludes halogenated alkanes) is 1. The summed E-state index contributed by atoms with van der Waals surface area (Å²) < 4.78 is 21.5. The van der Waals surface area contributed by atoms with Gasteiger partial charge in [0.1, 0.15) is 18.8 Å². The van der Waals surface area contributed by atoms with E-state index in [0.29, 0.717) is 51.1 Å². The van der Waals surface area contributed by atoms with Crippen molar-refractivity contribution in [2.75, 3.05) is 58.0 Å². The van der Waals surface area contributed by atoms with Gasteiger partial charge in [0.25, 0.3) is 5.91 Å². The van der Waals surface area contributed by atoms with Crippen LogP contribution in [-0.4, -0.2) is 131 Å². The molecular formula is C104H98Br3N11O9. The molecule has 5 aliphatic heterocycles. The smallest absolute Gasteiger partial charge is 0.253 e. The highest BCUT2D eigenvalue weighted by atomic mass is 79.9. The van der Waals surface area contributed by atoms with Crippen LogP contribution >= 0.6 is 47.8 Å². The van der Waals surface area contributed by atoms with Gasteiger partial charge in [0, 0.05) is 96.6 Å². The number of carbonyl (C=O) groups is 5. The van der Waals surface area contributed by atoms with Crippen molar-refractivity contribution in [2.24, 2.45) is 0 Å². The third-order valence-electron chi connectivity index (χ3n) is 22.8. The number of imidazole rings is 4. The van der Waals surface area contributed by atoms with E-state index >= 15 is 0 Å². The molecule has 0 spiro atoms. The first-order valence-corrected chi connectivity index (χ1v) is 44.7. The maximum absolute atomic E-state index is 12.6. The number of hydrogen-bond donors (Lipinski definition) is 4. The molecule has 9 heterocycles. The van der Waals surface area contributed by atoms with Gasteiger partial charge in [-0.2, -0.15) is 0 Å². The molecule has 11 aromatic carbocycles. The summed E-state index contributed by atoms with van der Waals surface area (Å²) in [5.41, 5.74) is 19.7. The van der Waals surface area contributed by atoms with Crippen LogP contribution in [0.5, 0.6) is 0 Å². The number of fused-ring (bicyclic) bond motifs is 9. The van der Waals surface area contributed by atoms with Crippen LogP contribution in [0.15, 0.2) is 349 Å². The molecule has 0 radical (unpaired) electrons. The quantitative estimate of drug-likeness (QED) is 0.0240. The number of aldehydes is 1. The Morgan fingerprint density at radius 2 is 0.945 bits per heavy atom. The van der Waals surface area contributed by atoms with Crippen molar-refractivity contribution in [3.63, 3.8) is 0 Å². The summed E-state index contributed by atoms with van der Waals surface area (Å²) in [4.78, 5) is 76.4. The number of aliphatic hydroxyl groups is 2. The topological polar surface area (TPSA) is 243 Å². The second-order valence-corrected chi connectivity index (χ2v) is 33.6. The predicted octanol–water partition coefficient (Wildman–Crippen LogP) is 20.8. The van der Waals surface area contributed by atoms with E-state index in [1.54, 1.807) is 24.0 Å². The Hall–Kier alpha value is -12.6. The fraction of sp³-hybridized carbons (Fsp3) is 0.202. The minimum Gasteiger partial charge on any atom is -0.388 e. The van der Waals surface area contributed by atoms with Crippen molar-refractivity contribution < 1.29 is 43.7 Å². The highest BCUT2D eigenvalue weighted by molar-refractivity contribution is 9.11. The highest BCUT2D eigenvalue weighted by Gasteiger charge is 2.39. The first-order valence-electron chi connectivity index (χ1n) is 42.3. The summed E-state index contributed by atoms with van der Waals surface area (Å²) in [6.45, 7) is 7.70. The normalized spacial score (nSPS) is 15.1. The van der Waals surface area contributed by atoms with Gasteiger partial charge in [-0.15, -0.1) is 0 Å². The molecule has 15 aromatic rings. The first-order chi connectivity index (χ1) is 62.0. The molecule has 2 amide bonds. The number of Topliss-reactive ketones (excluding diaryl/α,β-unsaturated/α-hetero) is 2. The molecule has 0 saturated carbocycles. The van der Waals surface area contributed by atoms with Crippen LogP contribution in [0, 0.1) is 0 Å². The van der Waals surface area contributed by atoms with Crippen LogP contribution in [0.1, 0.15) is 152 Å². The molecule has 23 heteroatoms. The van der Waals surface area contributed by atoms with E-state index in [0.717, 1.165) is 99.2 Å². The van der Waals surface area contributed by atoms with E-state index in [1.165, 1.54) is 46.2 Å². The molecule has 0 aliphatic carbocycles. The zero-order valence-corrected chi connectivity index (χ0v) is 75.4. The number of morpholine rings is 2. The van der Waals surface area contributed by atoms with E-state index < -0.39 is 17.7 Å². The number of amides is 2. The summed E-state index contributed by atoms with van der Waals surface area (Å²) >= 11 is 10.1. The molecule has 20 nitrogen and oxygen atoms in total. The Labute approximate surface area is 764 Å². The van der Waals surface area contributed by atoms with E-state index in [2.05, 4.69) is 214 Å². The molecule has 2 fully saturated rings. The van der Waals surface area contributed by atoms with Gasteiger partial charge in [0.2, 0.25) is 5.91 Å². The average molecular weight is 1890 g/mol. The number of halogens is 3. The lowest BCUT2D eigenvalue weighted by molar-refractivity contribution is -0.129. The van der Waals surface area contributed by atoms with Gasteiger partial charge < -0.3 is 53.5 Å². The number of ketones is 2. The predicted molar refractivity (Wildman–Crippen MR) is 508 cm³/mol. The number of carbonyl (C=O) groups excluding carboxylic acids is 5. The van der Waals surface area contributed by atoms with Crippen molar-refractivity contribution in [2.45, 2.75) is 81.8 Å². The third kappa shape index (κ3) is 21.8. The number of nitrogens with zero attached hydrogens (tertiary/aromatic N) is 9. The lowest BCUT2D eigenvalue weighted by atomic mass is 9.77. The highest BCUT2D eigenvalue weighted by Crippen LogP contribution is 2.47. The van der Waals surface area contributed by atoms with Crippen molar-refractivity contribution in [1.82, 2.24) is 48.8 Å².